The zero-order valence-corrected chi connectivity index (χ0v) is 8.33. The van der Waals surface area contributed by atoms with Crippen LogP contribution in [0.3, 0.4) is 0 Å². The van der Waals surface area contributed by atoms with Gasteiger partial charge in [0, 0.05) is 6.04 Å². The number of rotatable bonds is 2. The largest absolute Gasteiger partial charge is 0.480 e. The molecule has 1 rings (SSSR count). The summed E-state index contributed by atoms with van der Waals surface area (Å²) in [7, 11) is -4.66. The van der Waals surface area contributed by atoms with Crippen molar-refractivity contribution in [2.75, 3.05) is 0 Å². The molecule has 14 heavy (non-hydrogen) atoms. The summed E-state index contributed by atoms with van der Waals surface area (Å²) in [5, 5.41) is 8.88. The van der Waals surface area contributed by atoms with E-state index in [0.717, 1.165) is 0 Å². The molecule has 0 amide bonds. The highest BCUT2D eigenvalue weighted by molar-refractivity contribution is 7.88. The molecule has 0 aromatic carbocycles. The van der Waals surface area contributed by atoms with Crippen LogP contribution in [-0.4, -0.2) is 34.8 Å². The van der Waals surface area contributed by atoms with Gasteiger partial charge in [-0.2, -0.15) is 8.42 Å². The minimum Gasteiger partial charge on any atom is -0.480 e. The second-order valence-corrected chi connectivity index (χ2v) is 5.20. The van der Waals surface area contributed by atoms with E-state index in [-0.39, 0.29) is 6.42 Å². The number of carboxylic acids is 1. The Kier molecular flexibility index (Phi) is 2.84. The van der Waals surface area contributed by atoms with Crippen LogP contribution < -0.4 is 5.73 Å². The molecular weight excluding hydrogens is 210 g/mol. The molecule has 82 valence electrons. The predicted molar refractivity (Wildman–Crippen MR) is 48.4 cm³/mol. The summed E-state index contributed by atoms with van der Waals surface area (Å²) in [6.07, 6.45) is 1.31. The fourth-order valence-corrected chi connectivity index (χ4v) is 2.99. The molecule has 0 heterocycles. The van der Waals surface area contributed by atoms with Crippen LogP contribution in [0.15, 0.2) is 0 Å². The normalized spacial score (nSPS) is 34.0. The monoisotopic (exact) mass is 223 g/mol. The number of aliphatic carboxylic acids is 1. The molecule has 1 aliphatic carbocycles. The van der Waals surface area contributed by atoms with Crippen LogP contribution >= 0.6 is 0 Å². The Hall–Kier alpha value is -0.660. The van der Waals surface area contributed by atoms with E-state index in [1.165, 1.54) is 0 Å². The van der Waals surface area contributed by atoms with Gasteiger partial charge < -0.3 is 10.8 Å². The summed E-state index contributed by atoms with van der Waals surface area (Å²) < 4.78 is 28.9. The first-order valence-electron chi connectivity index (χ1n) is 4.28. The maximum atomic E-state index is 11.1. The van der Waals surface area contributed by atoms with E-state index in [0.29, 0.717) is 19.3 Å². The van der Waals surface area contributed by atoms with Crippen LogP contribution in [0.1, 0.15) is 25.7 Å². The highest BCUT2D eigenvalue weighted by atomic mass is 32.2. The number of carbonyl (C=O) groups is 1. The molecule has 1 saturated carbocycles. The van der Waals surface area contributed by atoms with E-state index >= 15 is 0 Å². The van der Waals surface area contributed by atoms with Crippen molar-refractivity contribution in [2.45, 2.75) is 36.5 Å². The maximum absolute atomic E-state index is 11.1. The first-order chi connectivity index (χ1) is 6.32. The zero-order valence-electron chi connectivity index (χ0n) is 7.51. The molecule has 0 bridgehead atoms. The molecule has 1 aliphatic rings. The van der Waals surface area contributed by atoms with Gasteiger partial charge in [0.2, 0.25) is 4.75 Å². The lowest BCUT2D eigenvalue weighted by atomic mass is 9.84. The number of carboxylic acid groups (broad SMARTS) is 1. The summed E-state index contributed by atoms with van der Waals surface area (Å²) in [6, 6.07) is -1.04. The van der Waals surface area contributed by atoms with Crippen molar-refractivity contribution in [1.82, 2.24) is 0 Å². The molecule has 1 fully saturated rings. The molecule has 4 N–H and O–H groups in total. The van der Waals surface area contributed by atoms with Gasteiger partial charge in [-0.25, -0.2) is 0 Å². The highest BCUT2D eigenvalue weighted by Crippen LogP contribution is 2.34. The lowest BCUT2D eigenvalue weighted by Gasteiger charge is -2.35. The topological polar surface area (TPSA) is 118 Å². The summed E-state index contributed by atoms with van der Waals surface area (Å²) in [5.41, 5.74) is 5.48. The molecule has 0 aromatic heterocycles. The minimum absolute atomic E-state index is 0.123. The molecular formula is C7H13NO5S. The Balaban J connectivity index is 3.22. The Morgan fingerprint density at radius 1 is 1.43 bits per heavy atom. The van der Waals surface area contributed by atoms with Gasteiger partial charge in [-0.1, -0.05) is 12.8 Å². The molecule has 0 aliphatic heterocycles. The fourth-order valence-electron chi connectivity index (χ4n) is 1.87. The van der Waals surface area contributed by atoms with Crippen LogP contribution in [0.5, 0.6) is 0 Å². The van der Waals surface area contributed by atoms with Gasteiger partial charge in [-0.3, -0.25) is 9.35 Å². The molecule has 0 aromatic rings. The molecule has 6 nitrogen and oxygen atoms in total. The van der Waals surface area contributed by atoms with E-state index in [1.807, 2.05) is 0 Å². The molecule has 0 saturated heterocycles. The van der Waals surface area contributed by atoms with E-state index in [1.54, 1.807) is 0 Å². The molecule has 2 atom stereocenters. The van der Waals surface area contributed by atoms with Gasteiger partial charge in [-0.15, -0.1) is 0 Å². The molecule has 2 unspecified atom stereocenters. The van der Waals surface area contributed by atoms with Crippen molar-refractivity contribution >= 4 is 16.1 Å². The van der Waals surface area contributed by atoms with E-state index < -0.39 is 26.9 Å². The third-order valence-electron chi connectivity index (χ3n) is 2.73. The quantitative estimate of drug-likeness (QED) is 0.548. The zero-order chi connectivity index (χ0) is 11.0. The van der Waals surface area contributed by atoms with E-state index in [4.69, 9.17) is 15.4 Å². The third-order valence-corrected chi connectivity index (χ3v) is 4.34. The third kappa shape index (κ3) is 1.51. The van der Waals surface area contributed by atoms with Gasteiger partial charge in [-0.05, 0) is 12.8 Å². The first-order valence-corrected chi connectivity index (χ1v) is 5.72. The highest BCUT2D eigenvalue weighted by Gasteiger charge is 2.56. The second-order valence-electron chi connectivity index (χ2n) is 3.52. The van der Waals surface area contributed by atoms with Crippen LogP contribution in [-0.2, 0) is 14.9 Å². The first kappa shape index (κ1) is 11.4. The summed E-state index contributed by atoms with van der Waals surface area (Å²) in [4.78, 5) is 10.9. The number of hydrogen-bond donors (Lipinski definition) is 3. The lowest BCUT2D eigenvalue weighted by molar-refractivity contribution is -0.141. The summed E-state index contributed by atoms with van der Waals surface area (Å²) >= 11 is 0. The van der Waals surface area contributed by atoms with Crippen LogP contribution in [0, 0.1) is 0 Å². The Bertz CT molecular complexity index is 338. The Morgan fingerprint density at radius 2 is 2.00 bits per heavy atom. The van der Waals surface area contributed by atoms with Crippen LogP contribution in [0.4, 0.5) is 0 Å². The van der Waals surface area contributed by atoms with Gasteiger partial charge in [0.15, 0.2) is 0 Å². The van der Waals surface area contributed by atoms with Crippen molar-refractivity contribution in [2.24, 2.45) is 5.73 Å². The van der Waals surface area contributed by atoms with Gasteiger partial charge in [0.05, 0.1) is 0 Å². The van der Waals surface area contributed by atoms with Crippen LogP contribution in [0.25, 0.3) is 0 Å². The number of hydrogen-bond acceptors (Lipinski definition) is 4. The Labute approximate surface area is 81.8 Å². The van der Waals surface area contributed by atoms with E-state index in [2.05, 4.69) is 0 Å². The van der Waals surface area contributed by atoms with Crippen LogP contribution in [0.2, 0.25) is 0 Å². The van der Waals surface area contributed by atoms with Gasteiger partial charge >= 0.3 is 5.97 Å². The maximum Gasteiger partial charge on any atom is 0.329 e. The average Bonchev–Trinajstić information content (AvgIpc) is 2.02. The average molecular weight is 223 g/mol. The standard InChI is InChI=1S/C7H13NO5S/c8-5-3-1-2-4-7(5,6(9)10)14(11,12)13/h5H,1-4,8H2,(H,9,10)(H,11,12,13). The fraction of sp³-hybridized carbons (Fsp3) is 0.857. The molecule has 0 spiro atoms. The Morgan fingerprint density at radius 3 is 2.29 bits per heavy atom. The van der Waals surface area contributed by atoms with Crippen molar-refractivity contribution in [3.63, 3.8) is 0 Å². The smallest absolute Gasteiger partial charge is 0.329 e. The van der Waals surface area contributed by atoms with Crippen molar-refractivity contribution in [3.8, 4) is 0 Å². The van der Waals surface area contributed by atoms with Gasteiger partial charge in [0.1, 0.15) is 0 Å². The van der Waals surface area contributed by atoms with E-state index in [9.17, 15) is 13.2 Å². The summed E-state index contributed by atoms with van der Waals surface area (Å²) in [6.45, 7) is 0. The predicted octanol–water partition coefficient (Wildman–Crippen LogP) is -0.401. The summed E-state index contributed by atoms with van der Waals surface area (Å²) in [5.74, 6) is -1.56. The van der Waals surface area contributed by atoms with Crippen molar-refractivity contribution in [3.05, 3.63) is 0 Å². The van der Waals surface area contributed by atoms with Crippen molar-refractivity contribution < 1.29 is 22.9 Å². The van der Waals surface area contributed by atoms with Crippen molar-refractivity contribution in [1.29, 1.82) is 0 Å². The lowest BCUT2D eigenvalue weighted by Crippen LogP contribution is -2.60. The SMILES string of the molecule is NC1CCCCC1(C(=O)O)S(=O)(=O)O. The second kappa shape index (κ2) is 3.48. The minimum atomic E-state index is -4.66. The number of nitrogens with two attached hydrogens (primary N) is 1. The van der Waals surface area contributed by atoms with Gasteiger partial charge in [0.25, 0.3) is 10.1 Å². The molecule has 0 radical (unpaired) electrons. The molecule has 7 heteroatoms.